The van der Waals surface area contributed by atoms with Crippen LogP contribution in [-0.4, -0.2) is 20.2 Å². The number of benzene rings is 1. The van der Waals surface area contributed by atoms with Crippen molar-refractivity contribution in [1.82, 2.24) is 5.32 Å². The zero-order chi connectivity index (χ0) is 10.4. The van der Waals surface area contributed by atoms with Crippen LogP contribution in [0.1, 0.15) is 18.6 Å². The SMILES string of the molecule is CCO[C@H](CNC)c1ccccc1F. The van der Waals surface area contributed by atoms with Crippen molar-refractivity contribution in [2.24, 2.45) is 0 Å². The third-order valence-corrected chi connectivity index (χ3v) is 2.01. The van der Waals surface area contributed by atoms with E-state index in [-0.39, 0.29) is 11.9 Å². The van der Waals surface area contributed by atoms with Crippen molar-refractivity contribution in [3.05, 3.63) is 35.6 Å². The average molecular weight is 197 g/mol. The molecule has 1 aromatic carbocycles. The number of ether oxygens (including phenoxy) is 1. The second-order valence-corrected chi connectivity index (χ2v) is 3.02. The minimum absolute atomic E-state index is 0.203. The molecule has 0 spiro atoms. The maximum atomic E-state index is 13.4. The van der Waals surface area contributed by atoms with E-state index in [0.29, 0.717) is 18.7 Å². The summed E-state index contributed by atoms with van der Waals surface area (Å²) in [6, 6.07) is 6.71. The van der Waals surface area contributed by atoms with Gasteiger partial charge in [0, 0.05) is 18.7 Å². The lowest BCUT2D eigenvalue weighted by molar-refractivity contribution is 0.0612. The Labute approximate surface area is 84.1 Å². The van der Waals surface area contributed by atoms with Crippen molar-refractivity contribution >= 4 is 0 Å². The molecule has 0 amide bonds. The summed E-state index contributed by atoms with van der Waals surface area (Å²) in [4.78, 5) is 0. The number of hydrogen-bond acceptors (Lipinski definition) is 2. The first-order valence-electron chi connectivity index (χ1n) is 4.80. The normalized spacial score (nSPS) is 12.8. The fraction of sp³-hybridized carbons (Fsp3) is 0.455. The molecule has 0 aromatic heterocycles. The highest BCUT2D eigenvalue weighted by Crippen LogP contribution is 2.19. The van der Waals surface area contributed by atoms with E-state index in [1.807, 2.05) is 20.0 Å². The highest BCUT2D eigenvalue weighted by Gasteiger charge is 2.13. The van der Waals surface area contributed by atoms with Gasteiger partial charge in [-0.15, -0.1) is 0 Å². The van der Waals surface area contributed by atoms with Crippen molar-refractivity contribution < 1.29 is 9.13 Å². The van der Waals surface area contributed by atoms with Gasteiger partial charge < -0.3 is 10.1 Å². The lowest BCUT2D eigenvalue weighted by Crippen LogP contribution is -2.20. The van der Waals surface area contributed by atoms with Gasteiger partial charge in [-0.05, 0) is 20.0 Å². The molecule has 0 aliphatic heterocycles. The van der Waals surface area contributed by atoms with Crippen LogP contribution >= 0.6 is 0 Å². The van der Waals surface area contributed by atoms with Gasteiger partial charge in [0.1, 0.15) is 5.82 Å². The van der Waals surface area contributed by atoms with Gasteiger partial charge in [-0.2, -0.15) is 0 Å². The predicted octanol–water partition coefficient (Wildman–Crippen LogP) is 2.12. The molecule has 0 radical (unpaired) electrons. The molecule has 1 atom stereocenters. The average Bonchev–Trinajstić information content (AvgIpc) is 2.18. The molecule has 0 aliphatic rings. The summed E-state index contributed by atoms with van der Waals surface area (Å²) in [7, 11) is 1.83. The molecule has 14 heavy (non-hydrogen) atoms. The molecule has 0 saturated heterocycles. The smallest absolute Gasteiger partial charge is 0.129 e. The summed E-state index contributed by atoms with van der Waals surface area (Å²) in [6.07, 6.45) is -0.203. The molecule has 0 saturated carbocycles. The van der Waals surface area contributed by atoms with E-state index in [9.17, 15) is 4.39 Å². The van der Waals surface area contributed by atoms with E-state index < -0.39 is 0 Å². The molecule has 0 aliphatic carbocycles. The molecular weight excluding hydrogens is 181 g/mol. The molecule has 1 rings (SSSR count). The van der Waals surface area contributed by atoms with E-state index in [1.54, 1.807) is 12.1 Å². The van der Waals surface area contributed by atoms with E-state index >= 15 is 0 Å². The topological polar surface area (TPSA) is 21.3 Å². The van der Waals surface area contributed by atoms with Crippen molar-refractivity contribution in [3.8, 4) is 0 Å². The van der Waals surface area contributed by atoms with Gasteiger partial charge in [0.2, 0.25) is 0 Å². The van der Waals surface area contributed by atoms with Crippen LogP contribution in [0, 0.1) is 5.82 Å². The Morgan fingerprint density at radius 2 is 2.14 bits per heavy atom. The molecule has 0 unspecified atom stereocenters. The van der Waals surface area contributed by atoms with Crippen LogP contribution in [0.25, 0.3) is 0 Å². The standard InChI is InChI=1S/C11H16FNO/c1-3-14-11(8-13-2)9-6-4-5-7-10(9)12/h4-7,11,13H,3,8H2,1-2H3/t11-/m1/s1. The lowest BCUT2D eigenvalue weighted by atomic mass is 10.1. The summed E-state index contributed by atoms with van der Waals surface area (Å²) >= 11 is 0. The van der Waals surface area contributed by atoms with E-state index in [2.05, 4.69) is 5.32 Å². The Morgan fingerprint density at radius 1 is 1.43 bits per heavy atom. The highest BCUT2D eigenvalue weighted by molar-refractivity contribution is 5.20. The number of halogens is 1. The van der Waals surface area contributed by atoms with Gasteiger partial charge in [-0.1, -0.05) is 18.2 Å². The maximum absolute atomic E-state index is 13.4. The van der Waals surface area contributed by atoms with Crippen molar-refractivity contribution in [1.29, 1.82) is 0 Å². The third-order valence-electron chi connectivity index (χ3n) is 2.01. The fourth-order valence-corrected chi connectivity index (χ4v) is 1.38. The van der Waals surface area contributed by atoms with Crippen LogP contribution in [0.4, 0.5) is 4.39 Å². The number of hydrogen-bond donors (Lipinski definition) is 1. The first-order chi connectivity index (χ1) is 6.79. The van der Waals surface area contributed by atoms with Gasteiger partial charge in [-0.3, -0.25) is 0 Å². The van der Waals surface area contributed by atoms with Crippen molar-refractivity contribution in [2.45, 2.75) is 13.0 Å². The van der Waals surface area contributed by atoms with Crippen LogP contribution in [0.3, 0.4) is 0 Å². The summed E-state index contributed by atoms with van der Waals surface area (Å²) < 4.78 is 18.8. The Balaban J connectivity index is 2.81. The first kappa shape index (κ1) is 11.1. The molecule has 1 aromatic rings. The zero-order valence-electron chi connectivity index (χ0n) is 8.59. The Kier molecular flexibility index (Phi) is 4.56. The molecule has 0 bridgehead atoms. The fourth-order valence-electron chi connectivity index (χ4n) is 1.38. The van der Waals surface area contributed by atoms with E-state index in [1.165, 1.54) is 6.07 Å². The van der Waals surface area contributed by atoms with Crippen LogP contribution in [0.15, 0.2) is 24.3 Å². The van der Waals surface area contributed by atoms with Crippen LogP contribution < -0.4 is 5.32 Å². The Bertz CT molecular complexity index is 272. The summed E-state index contributed by atoms with van der Waals surface area (Å²) in [6.45, 7) is 3.11. The molecule has 1 N–H and O–H groups in total. The minimum Gasteiger partial charge on any atom is -0.372 e. The monoisotopic (exact) mass is 197 g/mol. The van der Waals surface area contributed by atoms with Gasteiger partial charge in [-0.25, -0.2) is 4.39 Å². The molecule has 0 fully saturated rings. The quantitative estimate of drug-likeness (QED) is 0.780. The molecule has 3 heteroatoms. The van der Waals surface area contributed by atoms with Gasteiger partial charge >= 0.3 is 0 Å². The Hall–Kier alpha value is -0.930. The predicted molar refractivity (Wildman–Crippen MR) is 54.7 cm³/mol. The molecule has 0 heterocycles. The highest BCUT2D eigenvalue weighted by atomic mass is 19.1. The molecule has 2 nitrogen and oxygen atoms in total. The number of likely N-dealkylation sites (N-methyl/N-ethyl adjacent to an activating group) is 1. The van der Waals surface area contributed by atoms with Crippen LogP contribution in [0.2, 0.25) is 0 Å². The summed E-state index contributed by atoms with van der Waals surface area (Å²) in [5.41, 5.74) is 0.615. The second-order valence-electron chi connectivity index (χ2n) is 3.02. The lowest BCUT2D eigenvalue weighted by Gasteiger charge is -2.17. The minimum atomic E-state index is -0.207. The maximum Gasteiger partial charge on any atom is 0.129 e. The van der Waals surface area contributed by atoms with Gasteiger partial charge in [0.25, 0.3) is 0 Å². The van der Waals surface area contributed by atoms with Crippen molar-refractivity contribution in [3.63, 3.8) is 0 Å². The molecular formula is C11H16FNO. The van der Waals surface area contributed by atoms with E-state index in [0.717, 1.165) is 0 Å². The zero-order valence-corrected chi connectivity index (χ0v) is 8.59. The van der Waals surface area contributed by atoms with Gasteiger partial charge in [0.05, 0.1) is 6.10 Å². The van der Waals surface area contributed by atoms with Crippen LogP contribution in [0.5, 0.6) is 0 Å². The number of nitrogens with one attached hydrogen (secondary N) is 1. The van der Waals surface area contributed by atoms with E-state index in [4.69, 9.17) is 4.74 Å². The van der Waals surface area contributed by atoms with Crippen LogP contribution in [-0.2, 0) is 4.74 Å². The Morgan fingerprint density at radius 3 is 2.71 bits per heavy atom. The number of rotatable bonds is 5. The van der Waals surface area contributed by atoms with Crippen molar-refractivity contribution in [2.75, 3.05) is 20.2 Å². The first-order valence-corrected chi connectivity index (χ1v) is 4.80. The molecule has 78 valence electrons. The third kappa shape index (κ3) is 2.79. The summed E-state index contributed by atoms with van der Waals surface area (Å²) in [5.74, 6) is -0.207. The second kappa shape index (κ2) is 5.73. The van der Waals surface area contributed by atoms with Gasteiger partial charge in [0.15, 0.2) is 0 Å². The largest absolute Gasteiger partial charge is 0.372 e. The summed E-state index contributed by atoms with van der Waals surface area (Å²) in [5, 5.41) is 2.99.